The second-order valence-electron chi connectivity index (χ2n) is 13.6. The van der Waals surface area contributed by atoms with E-state index in [2.05, 4.69) is 4.98 Å². The van der Waals surface area contributed by atoms with Crippen molar-refractivity contribution in [3.63, 3.8) is 0 Å². The highest BCUT2D eigenvalue weighted by atomic mass is 16.6. The van der Waals surface area contributed by atoms with Crippen LogP contribution < -0.4 is 14.2 Å². The van der Waals surface area contributed by atoms with Gasteiger partial charge in [0.2, 0.25) is 5.76 Å². The number of fused-ring (bicyclic) bond motifs is 3. The van der Waals surface area contributed by atoms with Gasteiger partial charge in [0.15, 0.2) is 6.29 Å². The Balaban J connectivity index is 1.43. The number of hydrogen-bond acceptors (Lipinski definition) is 8. The number of esters is 1. The maximum absolute atomic E-state index is 13.5. The molecular weight excluding hydrogens is 598 g/mol. The maximum Gasteiger partial charge on any atom is 0.375 e. The van der Waals surface area contributed by atoms with Gasteiger partial charge in [-0.15, -0.1) is 0 Å². The Morgan fingerprint density at radius 3 is 2.64 bits per heavy atom. The number of ketones is 1. The van der Waals surface area contributed by atoms with E-state index in [-0.39, 0.29) is 29.8 Å². The molecule has 0 bridgehead atoms. The number of allylic oxidation sites excluding steroid dienone is 3. The van der Waals surface area contributed by atoms with Gasteiger partial charge in [0.1, 0.15) is 29.1 Å². The minimum Gasteiger partial charge on any atom is -0.489 e. The summed E-state index contributed by atoms with van der Waals surface area (Å²) in [5.74, 6) is 0.168. The number of hydrogen-bond donors (Lipinski definition) is 2. The summed E-state index contributed by atoms with van der Waals surface area (Å²) in [5, 5.41) is 12.0. The quantitative estimate of drug-likeness (QED) is 0.218. The number of carbonyl (C=O) groups excluding carboxylic acids is 3. The molecule has 2 fully saturated rings. The topological polar surface area (TPSA) is 124 Å². The highest BCUT2D eigenvalue weighted by Gasteiger charge is 2.43. The molecule has 4 aliphatic rings. The molecule has 2 aliphatic heterocycles. The number of rotatable bonds is 7. The number of aldehydes is 1. The fourth-order valence-corrected chi connectivity index (χ4v) is 7.49. The Bertz CT molecular complexity index is 1820. The lowest BCUT2D eigenvalue weighted by molar-refractivity contribution is -0.141. The molecular formula is C38H41NO8. The highest BCUT2D eigenvalue weighted by molar-refractivity contribution is 6.10. The number of benzene rings is 2. The summed E-state index contributed by atoms with van der Waals surface area (Å²) in [7, 11) is 0. The van der Waals surface area contributed by atoms with Crippen molar-refractivity contribution in [2.75, 3.05) is 6.61 Å². The highest BCUT2D eigenvalue weighted by Crippen LogP contribution is 2.54. The van der Waals surface area contributed by atoms with Gasteiger partial charge in [-0.2, -0.15) is 0 Å². The second-order valence-corrected chi connectivity index (χ2v) is 13.6. The fraction of sp³-hybridized carbons (Fsp3) is 0.447. The van der Waals surface area contributed by atoms with Crippen LogP contribution in [0.1, 0.15) is 94.7 Å². The van der Waals surface area contributed by atoms with Crippen LogP contribution in [0.15, 0.2) is 53.4 Å². The zero-order valence-electron chi connectivity index (χ0n) is 27.1. The molecule has 2 aliphatic carbocycles. The van der Waals surface area contributed by atoms with Gasteiger partial charge >= 0.3 is 5.97 Å². The van der Waals surface area contributed by atoms with Gasteiger partial charge in [-0.25, -0.2) is 4.79 Å². The smallest absolute Gasteiger partial charge is 0.375 e. The normalized spacial score (nSPS) is 23.2. The van der Waals surface area contributed by atoms with E-state index in [4.69, 9.17) is 18.9 Å². The van der Waals surface area contributed by atoms with Crippen LogP contribution in [-0.2, 0) is 25.5 Å². The number of H-pyrrole nitrogens is 1. The Morgan fingerprint density at radius 2 is 1.89 bits per heavy atom. The van der Waals surface area contributed by atoms with E-state index in [1.165, 1.54) is 0 Å². The summed E-state index contributed by atoms with van der Waals surface area (Å²) in [6.45, 7) is 5.22. The first-order chi connectivity index (χ1) is 22.7. The summed E-state index contributed by atoms with van der Waals surface area (Å²) in [6, 6.07) is 9.72. The van der Waals surface area contributed by atoms with Crippen molar-refractivity contribution in [2.24, 2.45) is 0 Å². The molecule has 2 aromatic carbocycles. The molecule has 7 rings (SSSR count). The van der Waals surface area contributed by atoms with E-state index in [9.17, 15) is 19.5 Å². The van der Waals surface area contributed by atoms with Crippen LogP contribution in [-0.4, -0.2) is 52.5 Å². The number of Topliss-reactive ketones (excluding diaryl/α,β-unsaturated/α-hetero) is 1. The molecule has 3 heterocycles. The molecule has 0 saturated heterocycles. The zero-order chi connectivity index (χ0) is 32.9. The van der Waals surface area contributed by atoms with Crippen molar-refractivity contribution >= 4 is 34.5 Å². The Morgan fingerprint density at radius 1 is 1.09 bits per heavy atom. The van der Waals surface area contributed by atoms with Crippen molar-refractivity contribution < 1.29 is 38.4 Å². The van der Waals surface area contributed by atoms with E-state index in [1.54, 1.807) is 26.8 Å². The standard InChI is InChI=1S/C38H41NO8/c1-4-44-37(42)36-27(20-40)33(23-11-13-29(41)25(17-23)21-10-12-28-22(16-21)14-15-39-28)34-31(47-36)19-30-26(18-32(46-30)38(2,3)43)35(34)45-24-8-6-5-7-9-24/h10,12,14-16,19-20,24-25,32,39,43H,4-9,11,13,17-18H2,1-3H3. The molecule has 2 atom stereocenters. The maximum atomic E-state index is 13.5. The minimum atomic E-state index is -1.14. The Hall–Kier alpha value is -4.37. The summed E-state index contributed by atoms with van der Waals surface area (Å²) < 4.78 is 24.8. The van der Waals surface area contributed by atoms with Gasteiger partial charge in [0.25, 0.3) is 0 Å². The molecule has 0 amide bonds. The molecule has 1 aromatic heterocycles. The van der Waals surface area contributed by atoms with Gasteiger partial charge < -0.3 is 29.0 Å². The van der Waals surface area contributed by atoms with Gasteiger partial charge in [0.05, 0.1) is 29.4 Å². The van der Waals surface area contributed by atoms with E-state index >= 15 is 0 Å². The summed E-state index contributed by atoms with van der Waals surface area (Å²) in [5.41, 5.74) is 3.68. The van der Waals surface area contributed by atoms with E-state index in [1.807, 2.05) is 30.5 Å². The van der Waals surface area contributed by atoms with Gasteiger partial charge in [-0.3, -0.25) is 9.59 Å². The molecule has 2 N–H and O–H groups in total. The van der Waals surface area contributed by atoms with Crippen molar-refractivity contribution in [2.45, 2.75) is 102 Å². The first-order valence-corrected chi connectivity index (χ1v) is 16.8. The van der Waals surface area contributed by atoms with Crippen molar-refractivity contribution in [1.82, 2.24) is 4.98 Å². The molecule has 0 radical (unpaired) electrons. The third-order valence-electron chi connectivity index (χ3n) is 9.99. The molecule has 2 unspecified atom stereocenters. The molecule has 9 nitrogen and oxygen atoms in total. The largest absolute Gasteiger partial charge is 0.489 e. The number of aromatic amines is 1. The number of aromatic nitrogens is 1. The zero-order valence-corrected chi connectivity index (χ0v) is 27.1. The third kappa shape index (κ3) is 5.75. The van der Waals surface area contributed by atoms with E-state index < -0.39 is 23.6 Å². The molecule has 2 saturated carbocycles. The minimum absolute atomic E-state index is 0.0457. The summed E-state index contributed by atoms with van der Waals surface area (Å²) in [4.78, 5) is 43.1. The van der Waals surface area contributed by atoms with E-state index in [0.717, 1.165) is 59.7 Å². The molecule has 47 heavy (non-hydrogen) atoms. The molecule has 9 heteroatoms. The Kier molecular flexibility index (Phi) is 8.20. The average molecular weight is 640 g/mol. The molecule has 246 valence electrons. The number of carbonyl (C=O) groups is 3. The van der Waals surface area contributed by atoms with Crippen LogP contribution in [0.5, 0.6) is 17.2 Å². The van der Waals surface area contributed by atoms with Crippen molar-refractivity contribution in [1.29, 1.82) is 0 Å². The van der Waals surface area contributed by atoms with Crippen LogP contribution in [0.2, 0.25) is 0 Å². The van der Waals surface area contributed by atoms with Crippen LogP contribution in [0, 0.1) is 0 Å². The Labute approximate surface area is 273 Å². The summed E-state index contributed by atoms with van der Waals surface area (Å²) >= 11 is 0. The van der Waals surface area contributed by atoms with Crippen LogP contribution in [0.4, 0.5) is 0 Å². The predicted octanol–water partition coefficient (Wildman–Crippen LogP) is 6.65. The van der Waals surface area contributed by atoms with Crippen LogP contribution in [0.3, 0.4) is 0 Å². The monoisotopic (exact) mass is 639 g/mol. The predicted molar refractivity (Wildman–Crippen MR) is 176 cm³/mol. The average Bonchev–Trinajstić information content (AvgIpc) is 3.72. The number of ether oxygens (including phenoxy) is 4. The van der Waals surface area contributed by atoms with Gasteiger partial charge in [-0.1, -0.05) is 18.1 Å². The van der Waals surface area contributed by atoms with Crippen LogP contribution in [0.25, 0.3) is 16.5 Å². The molecule has 0 spiro atoms. The lowest BCUT2D eigenvalue weighted by atomic mass is 9.75. The van der Waals surface area contributed by atoms with E-state index in [0.29, 0.717) is 60.4 Å². The lowest BCUT2D eigenvalue weighted by Crippen LogP contribution is -2.39. The summed E-state index contributed by atoms with van der Waals surface area (Å²) in [6.07, 6.45) is 8.48. The van der Waals surface area contributed by atoms with Gasteiger partial charge in [-0.05, 0) is 88.4 Å². The second kappa shape index (κ2) is 12.3. The number of nitrogens with one attached hydrogen (secondary N) is 1. The first kappa shape index (κ1) is 31.2. The number of aliphatic hydroxyl groups is 1. The van der Waals surface area contributed by atoms with Gasteiger partial charge in [0, 0.05) is 47.7 Å². The van der Waals surface area contributed by atoms with Crippen molar-refractivity contribution in [3.05, 3.63) is 70.1 Å². The molecule has 3 aromatic rings. The fourth-order valence-electron chi connectivity index (χ4n) is 7.49. The van der Waals surface area contributed by atoms with Crippen LogP contribution >= 0.6 is 0 Å². The lowest BCUT2D eigenvalue weighted by Gasteiger charge is -2.32. The first-order valence-electron chi connectivity index (χ1n) is 16.8. The SMILES string of the molecule is CCOC(=O)C1=C(C=O)C(=C2CCC(=O)C(c3ccc4[nH]ccc4c3)C2)c2c(cc3c(c2OC2CCCCC2)CC(C(C)(C)O)O3)O1. The van der Waals surface area contributed by atoms with Crippen molar-refractivity contribution in [3.8, 4) is 17.2 Å². The third-order valence-corrected chi connectivity index (χ3v) is 9.99.